The highest BCUT2D eigenvalue weighted by molar-refractivity contribution is 9.10. The zero-order valence-electron chi connectivity index (χ0n) is 14.1. The molecule has 1 aromatic carbocycles. The Morgan fingerprint density at radius 3 is 2.92 bits per heavy atom. The maximum atomic E-state index is 11.9. The molecule has 0 fully saturated rings. The summed E-state index contributed by atoms with van der Waals surface area (Å²) >= 11 is 3.55. The Hall–Kier alpha value is -1.60. The number of benzene rings is 1. The van der Waals surface area contributed by atoms with Crippen LogP contribution < -0.4 is 0 Å². The van der Waals surface area contributed by atoms with Crippen LogP contribution in [0.25, 0.3) is 0 Å². The van der Waals surface area contributed by atoms with Crippen LogP contribution in [-0.4, -0.2) is 33.0 Å². The molecule has 1 heterocycles. The molecule has 2 rings (SSSR count). The van der Waals surface area contributed by atoms with Gasteiger partial charge < -0.3 is 4.74 Å². The van der Waals surface area contributed by atoms with Crippen molar-refractivity contribution in [2.45, 2.75) is 52.1 Å². The third-order valence-corrected chi connectivity index (χ3v) is 4.83. The van der Waals surface area contributed by atoms with Crippen LogP contribution in [0.2, 0.25) is 0 Å². The number of aryl methyl sites for hydroxylation is 1. The topological polar surface area (TPSA) is 80.8 Å². The van der Waals surface area contributed by atoms with Crippen LogP contribution >= 0.6 is 15.9 Å². The first-order chi connectivity index (χ1) is 11.6. The highest BCUT2D eigenvalue weighted by Gasteiger charge is 2.18. The van der Waals surface area contributed by atoms with E-state index >= 15 is 0 Å². The van der Waals surface area contributed by atoms with Crippen molar-refractivity contribution in [3.05, 3.63) is 39.6 Å². The maximum absolute atomic E-state index is 11.9. The number of nitrogens with one attached hydrogen (secondary N) is 1. The summed E-state index contributed by atoms with van der Waals surface area (Å²) < 4.78 is 7.09. The van der Waals surface area contributed by atoms with Gasteiger partial charge in [-0.1, -0.05) is 40.2 Å². The third-order valence-electron chi connectivity index (χ3n) is 3.97. The van der Waals surface area contributed by atoms with E-state index in [1.165, 1.54) is 0 Å². The molecule has 1 N–H and O–H groups in total. The fraction of sp³-hybridized carbons (Fsp3) is 0.529. The van der Waals surface area contributed by atoms with Gasteiger partial charge in [0.2, 0.25) is 0 Å². The molecule has 0 aliphatic carbocycles. The summed E-state index contributed by atoms with van der Waals surface area (Å²) in [7, 11) is 0. The lowest BCUT2D eigenvalue weighted by molar-refractivity contribution is -0.121. The number of hydrogen-bond acceptors (Lipinski definition) is 5. The summed E-state index contributed by atoms with van der Waals surface area (Å²) in [5.41, 5.74) is 2.20. The molecule has 1 unspecified atom stereocenters. The number of nitrogens with zero attached hydrogens (tertiary/aromatic N) is 3. The fourth-order valence-electron chi connectivity index (χ4n) is 2.48. The van der Waals surface area contributed by atoms with E-state index in [1.807, 2.05) is 32.0 Å². The van der Waals surface area contributed by atoms with Crippen molar-refractivity contribution in [2.24, 2.45) is 0 Å². The summed E-state index contributed by atoms with van der Waals surface area (Å²) in [4.78, 5) is 11.9. The number of Topliss-reactive ketones (excluding diaryl/α,β-unsaturated/α-hetero) is 1. The number of aromatic amines is 1. The van der Waals surface area contributed by atoms with Crippen molar-refractivity contribution in [2.75, 3.05) is 6.61 Å². The van der Waals surface area contributed by atoms with Gasteiger partial charge in [0, 0.05) is 30.3 Å². The smallest absolute Gasteiger partial charge is 0.174 e. The average Bonchev–Trinajstić information content (AvgIpc) is 3.09. The van der Waals surface area contributed by atoms with Crippen LogP contribution in [0.15, 0.2) is 22.7 Å². The maximum Gasteiger partial charge on any atom is 0.174 e. The number of H-pyrrole nitrogens is 1. The normalized spacial score (nSPS) is 12.3. The Kier molecular flexibility index (Phi) is 7.52. The molecule has 0 spiro atoms. The Balaban J connectivity index is 1.91. The van der Waals surface area contributed by atoms with Gasteiger partial charge in [0.25, 0.3) is 0 Å². The highest BCUT2D eigenvalue weighted by Crippen LogP contribution is 2.29. The second-order valence-corrected chi connectivity index (χ2v) is 6.55. The van der Waals surface area contributed by atoms with Gasteiger partial charge in [-0.25, -0.2) is 0 Å². The van der Waals surface area contributed by atoms with E-state index in [0.717, 1.165) is 40.7 Å². The predicted octanol–water partition coefficient (Wildman–Crippen LogP) is 3.72. The predicted molar refractivity (Wildman–Crippen MR) is 94.6 cm³/mol. The number of ketones is 1. The number of carbonyl (C=O) groups is 1. The largest absolute Gasteiger partial charge is 0.373 e. The van der Waals surface area contributed by atoms with E-state index in [-0.39, 0.29) is 11.9 Å². The summed E-state index contributed by atoms with van der Waals surface area (Å²) in [6.07, 6.45) is 3.33. The first-order valence-electron chi connectivity index (χ1n) is 8.22. The molecule has 0 bridgehead atoms. The van der Waals surface area contributed by atoms with E-state index in [0.29, 0.717) is 19.4 Å². The van der Waals surface area contributed by atoms with Gasteiger partial charge in [-0.05, 0) is 37.0 Å². The summed E-state index contributed by atoms with van der Waals surface area (Å²) in [5.74, 6) is 0.932. The second kappa shape index (κ2) is 9.64. The molecule has 1 aromatic heterocycles. The monoisotopic (exact) mass is 394 g/mol. The van der Waals surface area contributed by atoms with Crippen LogP contribution in [-0.2, 0) is 16.0 Å². The van der Waals surface area contributed by atoms with Gasteiger partial charge >= 0.3 is 0 Å². The van der Waals surface area contributed by atoms with Gasteiger partial charge in [-0.3, -0.25) is 4.79 Å². The molecule has 1 atom stereocenters. The molecular weight excluding hydrogens is 372 g/mol. The lowest BCUT2D eigenvalue weighted by Crippen LogP contribution is -2.12. The Morgan fingerprint density at radius 2 is 2.21 bits per heavy atom. The fourth-order valence-corrected chi connectivity index (χ4v) is 2.86. The summed E-state index contributed by atoms with van der Waals surface area (Å²) in [5, 5.41) is 13.8. The van der Waals surface area contributed by atoms with Gasteiger partial charge in [0.05, 0.1) is 6.10 Å². The minimum absolute atomic E-state index is 0.194. The quantitative estimate of drug-likeness (QED) is 0.620. The standard InChI is InChI=1S/C17H23BrN4O2/c1-3-13(23)11-16(14-7-6-8-15(18)12(14)2)24-10-5-4-9-17-19-21-22-20-17/h6-8,16H,3-5,9-11H2,1-2H3,(H,19,20,21,22). The lowest BCUT2D eigenvalue weighted by atomic mass is 9.98. The Morgan fingerprint density at radius 1 is 1.38 bits per heavy atom. The SMILES string of the molecule is CCC(=O)CC(OCCCCc1nn[nH]n1)c1cccc(Br)c1C. The van der Waals surface area contributed by atoms with E-state index in [9.17, 15) is 4.79 Å². The Bertz CT molecular complexity index is 646. The number of carbonyl (C=O) groups excluding carboxylic acids is 1. The van der Waals surface area contributed by atoms with Crippen molar-refractivity contribution in [3.8, 4) is 0 Å². The first-order valence-corrected chi connectivity index (χ1v) is 9.01. The molecule has 0 aliphatic heterocycles. The zero-order chi connectivity index (χ0) is 17.4. The molecule has 0 radical (unpaired) electrons. The molecule has 2 aromatic rings. The van der Waals surface area contributed by atoms with E-state index in [4.69, 9.17) is 4.74 Å². The highest BCUT2D eigenvalue weighted by atomic mass is 79.9. The first kappa shape index (κ1) is 18.7. The molecule has 0 saturated heterocycles. The molecule has 6 nitrogen and oxygen atoms in total. The number of ether oxygens (including phenoxy) is 1. The van der Waals surface area contributed by atoms with Crippen molar-refractivity contribution < 1.29 is 9.53 Å². The van der Waals surface area contributed by atoms with Gasteiger partial charge in [-0.2, -0.15) is 5.21 Å². The molecule has 24 heavy (non-hydrogen) atoms. The van der Waals surface area contributed by atoms with Crippen LogP contribution in [0.5, 0.6) is 0 Å². The van der Waals surface area contributed by atoms with Crippen molar-refractivity contribution >= 4 is 21.7 Å². The van der Waals surface area contributed by atoms with Crippen molar-refractivity contribution in [1.29, 1.82) is 0 Å². The van der Waals surface area contributed by atoms with E-state index in [2.05, 4.69) is 36.6 Å². The number of halogens is 1. The third kappa shape index (κ3) is 5.49. The van der Waals surface area contributed by atoms with Gasteiger partial charge in [0.15, 0.2) is 5.82 Å². The molecule has 0 saturated carbocycles. The van der Waals surface area contributed by atoms with Crippen LogP contribution in [0.4, 0.5) is 0 Å². The number of hydrogen-bond donors (Lipinski definition) is 1. The second-order valence-electron chi connectivity index (χ2n) is 5.69. The molecular formula is C17H23BrN4O2. The van der Waals surface area contributed by atoms with Gasteiger partial charge in [-0.15, -0.1) is 10.2 Å². The van der Waals surface area contributed by atoms with Crippen LogP contribution in [0, 0.1) is 6.92 Å². The van der Waals surface area contributed by atoms with Crippen LogP contribution in [0.3, 0.4) is 0 Å². The minimum atomic E-state index is -0.194. The van der Waals surface area contributed by atoms with Crippen molar-refractivity contribution in [1.82, 2.24) is 20.6 Å². The summed E-state index contributed by atoms with van der Waals surface area (Å²) in [6, 6.07) is 6.02. The van der Waals surface area contributed by atoms with Gasteiger partial charge in [0.1, 0.15) is 5.78 Å². The van der Waals surface area contributed by atoms with Crippen molar-refractivity contribution in [3.63, 3.8) is 0 Å². The number of unbranched alkanes of at least 4 members (excludes halogenated alkanes) is 1. The zero-order valence-corrected chi connectivity index (χ0v) is 15.7. The number of rotatable bonds is 10. The molecule has 0 aliphatic rings. The average molecular weight is 395 g/mol. The summed E-state index contributed by atoms with van der Waals surface area (Å²) in [6.45, 7) is 4.53. The molecule has 7 heteroatoms. The molecule has 130 valence electrons. The minimum Gasteiger partial charge on any atom is -0.373 e. The van der Waals surface area contributed by atoms with E-state index < -0.39 is 0 Å². The number of aromatic nitrogens is 4. The van der Waals surface area contributed by atoms with E-state index in [1.54, 1.807) is 0 Å². The Labute approximate surface area is 150 Å². The molecule has 0 amide bonds. The number of tetrazole rings is 1. The lowest BCUT2D eigenvalue weighted by Gasteiger charge is -2.20. The van der Waals surface area contributed by atoms with Crippen LogP contribution in [0.1, 0.15) is 55.7 Å².